The molecule has 1 fully saturated rings. The Kier molecular flexibility index (Phi) is 5.17. The van der Waals surface area contributed by atoms with Crippen LogP contribution >= 0.6 is 0 Å². The summed E-state index contributed by atoms with van der Waals surface area (Å²) in [7, 11) is 1.98. The van der Waals surface area contributed by atoms with E-state index in [-0.39, 0.29) is 12.1 Å². The van der Waals surface area contributed by atoms with E-state index in [9.17, 15) is 0 Å². The molecule has 1 N–H and O–H groups in total. The minimum Gasteiger partial charge on any atom is -0.376 e. The first kappa shape index (κ1) is 13.5. The molecular formula is C15H23NO2. The van der Waals surface area contributed by atoms with E-state index in [4.69, 9.17) is 9.47 Å². The van der Waals surface area contributed by atoms with Gasteiger partial charge in [-0.3, -0.25) is 0 Å². The lowest BCUT2D eigenvalue weighted by Gasteiger charge is -2.30. The van der Waals surface area contributed by atoms with Crippen LogP contribution in [-0.2, 0) is 15.9 Å². The van der Waals surface area contributed by atoms with Crippen molar-refractivity contribution < 1.29 is 9.47 Å². The average Bonchev–Trinajstić information content (AvgIpc) is 2.42. The maximum Gasteiger partial charge on any atom is 0.100 e. The molecule has 1 heterocycles. The highest BCUT2D eigenvalue weighted by molar-refractivity contribution is 5.27. The topological polar surface area (TPSA) is 30.5 Å². The zero-order valence-corrected chi connectivity index (χ0v) is 11.3. The third-order valence-corrected chi connectivity index (χ3v) is 3.37. The second kappa shape index (κ2) is 6.88. The summed E-state index contributed by atoms with van der Waals surface area (Å²) >= 11 is 0. The van der Waals surface area contributed by atoms with E-state index >= 15 is 0 Å². The van der Waals surface area contributed by atoms with Crippen LogP contribution in [-0.4, -0.2) is 33.0 Å². The van der Waals surface area contributed by atoms with Gasteiger partial charge in [0.2, 0.25) is 0 Å². The van der Waals surface area contributed by atoms with Crippen molar-refractivity contribution in [2.45, 2.75) is 31.9 Å². The Labute approximate surface area is 109 Å². The monoisotopic (exact) mass is 249 g/mol. The van der Waals surface area contributed by atoms with E-state index < -0.39 is 0 Å². The van der Waals surface area contributed by atoms with Gasteiger partial charge in [-0.15, -0.1) is 0 Å². The van der Waals surface area contributed by atoms with E-state index in [0.717, 1.165) is 6.42 Å². The van der Waals surface area contributed by atoms with Crippen LogP contribution in [0.1, 0.15) is 30.5 Å². The number of hydrogen-bond acceptors (Lipinski definition) is 3. The van der Waals surface area contributed by atoms with Gasteiger partial charge < -0.3 is 14.8 Å². The summed E-state index contributed by atoms with van der Waals surface area (Å²) in [4.78, 5) is 0. The highest BCUT2D eigenvalue weighted by Crippen LogP contribution is 2.22. The first-order valence-corrected chi connectivity index (χ1v) is 6.80. The summed E-state index contributed by atoms with van der Waals surface area (Å²) in [6, 6.07) is 8.98. The summed E-state index contributed by atoms with van der Waals surface area (Å²) in [5.74, 6) is 0. The van der Waals surface area contributed by atoms with Crippen LogP contribution in [0.3, 0.4) is 0 Å². The van der Waals surface area contributed by atoms with E-state index in [2.05, 4.69) is 36.5 Å². The third kappa shape index (κ3) is 3.31. The lowest BCUT2D eigenvalue weighted by molar-refractivity contribution is -0.101. The van der Waals surface area contributed by atoms with Crippen LogP contribution in [0.15, 0.2) is 24.3 Å². The first-order chi connectivity index (χ1) is 8.85. The molecule has 1 aromatic rings. The minimum atomic E-state index is 0.112. The molecule has 1 aromatic carbocycles. The van der Waals surface area contributed by atoms with E-state index in [1.807, 2.05) is 7.05 Å². The van der Waals surface area contributed by atoms with Gasteiger partial charge in [0.25, 0.3) is 0 Å². The molecule has 0 saturated carbocycles. The van der Waals surface area contributed by atoms with Gasteiger partial charge in [-0.1, -0.05) is 37.6 Å². The number of hydrogen-bond donors (Lipinski definition) is 1. The fraction of sp³-hybridized carbons (Fsp3) is 0.600. The van der Waals surface area contributed by atoms with E-state index in [1.165, 1.54) is 17.5 Å². The lowest BCUT2D eigenvalue weighted by Crippen LogP contribution is -2.39. The van der Waals surface area contributed by atoms with E-state index in [0.29, 0.717) is 19.8 Å². The van der Waals surface area contributed by atoms with Crippen molar-refractivity contribution in [1.29, 1.82) is 0 Å². The largest absolute Gasteiger partial charge is 0.376 e. The van der Waals surface area contributed by atoms with Crippen LogP contribution in [0, 0.1) is 0 Å². The molecular weight excluding hydrogens is 226 g/mol. The molecule has 3 heteroatoms. The van der Waals surface area contributed by atoms with Gasteiger partial charge >= 0.3 is 0 Å². The van der Waals surface area contributed by atoms with E-state index in [1.54, 1.807) is 0 Å². The Bertz CT molecular complexity index is 361. The number of aryl methyl sites for hydroxylation is 1. The first-order valence-electron chi connectivity index (χ1n) is 6.80. The molecule has 0 bridgehead atoms. The molecule has 18 heavy (non-hydrogen) atoms. The molecule has 2 atom stereocenters. The van der Waals surface area contributed by atoms with Gasteiger partial charge in [0.05, 0.1) is 25.9 Å². The molecule has 0 aromatic heterocycles. The zero-order valence-electron chi connectivity index (χ0n) is 11.3. The normalized spacial score (nSPS) is 21.8. The number of likely N-dealkylation sites (N-methyl/N-ethyl adjacent to an activating group) is 1. The molecule has 2 rings (SSSR count). The number of ether oxygens (including phenoxy) is 2. The Hall–Kier alpha value is -0.900. The van der Waals surface area contributed by atoms with Crippen molar-refractivity contribution in [3.05, 3.63) is 35.4 Å². The molecule has 1 aliphatic heterocycles. The highest BCUT2D eigenvalue weighted by atomic mass is 16.6. The summed E-state index contributed by atoms with van der Waals surface area (Å²) in [5, 5.41) is 3.35. The van der Waals surface area contributed by atoms with Crippen molar-refractivity contribution in [2.24, 2.45) is 0 Å². The molecule has 0 aliphatic carbocycles. The quantitative estimate of drug-likeness (QED) is 0.868. The molecule has 0 spiro atoms. The smallest absolute Gasteiger partial charge is 0.100 e. The molecule has 1 saturated heterocycles. The third-order valence-electron chi connectivity index (χ3n) is 3.37. The summed E-state index contributed by atoms with van der Waals surface area (Å²) in [5.41, 5.74) is 2.69. The van der Waals surface area contributed by atoms with Gasteiger partial charge in [0, 0.05) is 0 Å². The summed E-state index contributed by atoms with van der Waals surface area (Å²) in [6.07, 6.45) is 2.42. The predicted molar refractivity (Wildman–Crippen MR) is 72.8 cm³/mol. The van der Waals surface area contributed by atoms with Crippen molar-refractivity contribution >= 4 is 0 Å². The van der Waals surface area contributed by atoms with Crippen molar-refractivity contribution in [3.8, 4) is 0 Å². The van der Waals surface area contributed by atoms with Gasteiger partial charge in [-0.05, 0) is 24.6 Å². The second-order valence-corrected chi connectivity index (χ2v) is 4.75. The molecule has 0 radical (unpaired) electrons. The molecule has 100 valence electrons. The molecule has 2 unspecified atom stereocenters. The number of nitrogens with one attached hydrogen (secondary N) is 1. The van der Waals surface area contributed by atoms with Crippen LogP contribution in [0.5, 0.6) is 0 Å². The Balaban J connectivity index is 2.12. The van der Waals surface area contributed by atoms with Gasteiger partial charge in [-0.2, -0.15) is 0 Å². The molecule has 0 amide bonds. The van der Waals surface area contributed by atoms with Crippen LogP contribution < -0.4 is 5.32 Å². The van der Waals surface area contributed by atoms with Gasteiger partial charge in [0.1, 0.15) is 6.10 Å². The van der Waals surface area contributed by atoms with Crippen molar-refractivity contribution in [1.82, 2.24) is 5.32 Å². The summed E-state index contributed by atoms with van der Waals surface area (Å²) in [6.45, 7) is 4.28. The standard InChI is InChI=1S/C15H23NO2/c1-3-5-12-6-4-7-13(10-12)15(16-2)14-11-17-8-9-18-14/h4,6-7,10,14-16H,3,5,8-9,11H2,1-2H3. The number of benzene rings is 1. The second-order valence-electron chi connectivity index (χ2n) is 4.75. The number of rotatable bonds is 5. The highest BCUT2D eigenvalue weighted by Gasteiger charge is 2.25. The van der Waals surface area contributed by atoms with Crippen LogP contribution in [0.25, 0.3) is 0 Å². The Morgan fingerprint density at radius 3 is 2.94 bits per heavy atom. The fourth-order valence-corrected chi connectivity index (χ4v) is 2.50. The van der Waals surface area contributed by atoms with Gasteiger partial charge in [0.15, 0.2) is 0 Å². The Morgan fingerprint density at radius 1 is 1.39 bits per heavy atom. The average molecular weight is 249 g/mol. The maximum absolute atomic E-state index is 5.80. The fourth-order valence-electron chi connectivity index (χ4n) is 2.50. The maximum atomic E-state index is 5.80. The zero-order chi connectivity index (χ0) is 12.8. The predicted octanol–water partition coefficient (Wildman–Crippen LogP) is 2.32. The molecule has 1 aliphatic rings. The summed E-state index contributed by atoms with van der Waals surface area (Å²) < 4.78 is 11.3. The van der Waals surface area contributed by atoms with Crippen LogP contribution in [0.4, 0.5) is 0 Å². The molecule has 3 nitrogen and oxygen atoms in total. The lowest BCUT2D eigenvalue weighted by atomic mass is 9.98. The van der Waals surface area contributed by atoms with Crippen molar-refractivity contribution in [2.75, 3.05) is 26.9 Å². The Morgan fingerprint density at radius 2 is 2.28 bits per heavy atom. The minimum absolute atomic E-state index is 0.112. The SMILES string of the molecule is CCCc1cccc(C(NC)C2COCCO2)c1. The van der Waals surface area contributed by atoms with Crippen molar-refractivity contribution in [3.63, 3.8) is 0 Å². The van der Waals surface area contributed by atoms with Gasteiger partial charge in [-0.25, -0.2) is 0 Å². The van der Waals surface area contributed by atoms with Crippen LogP contribution in [0.2, 0.25) is 0 Å².